The molecule has 0 unspecified atom stereocenters. The molecule has 0 spiro atoms. The molecule has 0 bridgehead atoms. The third kappa shape index (κ3) is 5.60. The Morgan fingerprint density at radius 1 is 1.31 bits per heavy atom. The van der Waals surface area contributed by atoms with Crippen molar-refractivity contribution in [3.8, 4) is 0 Å². The largest absolute Gasteiger partial charge is 0.408 e. The molecule has 7 nitrogen and oxygen atoms in total. The number of carbonyl (C=O) groups is 1. The van der Waals surface area contributed by atoms with Gasteiger partial charge in [-0.25, -0.2) is 4.68 Å². The number of carbonyl (C=O) groups excluding carboxylic acids is 1. The van der Waals surface area contributed by atoms with E-state index in [9.17, 15) is 22.8 Å². The van der Waals surface area contributed by atoms with E-state index in [1.165, 1.54) is 6.20 Å². The number of rotatable bonds is 5. The Balaban J connectivity index is 2.00. The lowest BCUT2D eigenvalue weighted by molar-refractivity contribution is -0.143. The van der Waals surface area contributed by atoms with Crippen molar-refractivity contribution >= 4 is 23.2 Å². The Morgan fingerprint density at radius 2 is 1.92 bits per heavy atom. The van der Waals surface area contributed by atoms with Gasteiger partial charge in [0.05, 0.1) is 18.4 Å². The standard InChI is InChI=1S/C15H21ClF3N5O2/c1-10(2)21-12(25)8-22-3-5-23(6-4-22)11-7-20-24(9-15(17,18)19)14(26)13(11)16/h7,10H,3-6,8-9H2,1-2H3,(H,21,25). The second-order valence-electron chi connectivity index (χ2n) is 6.41. The summed E-state index contributed by atoms with van der Waals surface area (Å²) in [5.41, 5.74) is -0.665. The molecular formula is C15H21ClF3N5O2. The number of anilines is 1. The van der Waals surface area contributed by atoms with Crippen molar-refractivity contribution < 1.29 is 18.0 Å². The highest BCUT2D eigenvalue weighted by Crippen LogP contribution is 2.23. The molecule has 2 rings (SSSR count). The van der Waals surface area contributed by atoms with Crippen LogP contribution in [-0.2, 0) is 11.3 Å². The molecule has 1 fully saturated rings. The number of aromatic nitrogens is 2. The molecule has 1 aliphatic rings. The normalized spacial score (nSPS) is 16.2. The second-order valence-corrected chi connectivity index (χ2v) is 6.79. The lowest BCUT2D eigenvalue weighted by atomic mass is 10.2. The van der Waals surface area contributed by atoms with Gasteiger partial charge in [0.2, 0.25) is 5.91 Å². The lowest BCUT2D eigenvalue weighted by Gasteiger charge is -2.35. The second kappa shape index (κ2) is 8.26. The summed E-state index contributed by atoms with van der Waals surface area (Å²) < 4.78 is 37.6. The Kier molecular flexibility index (Phi) is 6.51. The zero-order chi connectivity index (χ0) is 19.5. The predicted octanol–water partition coefficient (Wildman–Crippen LogP) is 1.11. The molecule has 1 saturated heterocycles. The summed E-state index contributed by atoms with van der Waals surface area (Å²) in [6.45, 7) is 4.65. The first-order chi connectivity index (χ1) is 12.1. The molecule has 0 saturated carbocycles. The first-order valence-electron chi connectivity index (χ1n) is 8.16. The molecule has 11 heteroatoms. The van der Waals surface area contributed by atoms with Gasteiger partial charge in [0, 0.05) is 32.2 Å². The first-order valence-corrected chi connectivity index (χ1v) is 8.53. The molecule has 1 aromatic heterocycles. The molecule has 1 aliphatic heterocycles. The van der Waals surface area contributed by atoms with Crippen LogP contribution in [0.25, 0.3) is 0 Å². The minimum atomic E-state index is -4.55. The van der Waals surface area contributed by atoms with Gasteiger partial charge < -0.3 is 10.2 Å². The number of halogens is 4. The van der Waals surface area contributed by atoms with Gasteiger partial charge >= 0.3 is 6.18 Å². The minimum absolute atomic E-state index is 0.0665. The molecular weight excluding hydrogens is 375 g/mol. The predicted molar refractivity (Wildman–Crippen MR) is 91.5 cm³/mol. The van der Waals surface area contributed by atoms with Crippen LogP contribution in [0.2, 0.25) is 5.02 Å². The smallest absolute Gasteiger partial charge is 0.366 e. The van der Waals surface area contributed by atoms with Crippen LogP contribution in [0.4, 0.5) is 18.9 Å². The fourth-order valence-electron chi connectivity index (χ4n) is 2.68. The number of nitrogens with zero attached hydrogens (tertiary/aromatic N) is 4. The van der Waals surface area contributed by atoms with Gasteiger partial charge in [0.25, 0.3) is 5.56 Å². The van der Waals surface area contributed by atoms with Crippen molar-refractivity contribution in [3.05, 3.63) is 21.6 Å². The molecule has 1 N–H and O–H groups in total. The van der Waals surface area contributed by atoms with Crippen LogP contribution in [0.15, 0.2) is 11.0 Å². The maximum atomic E-state index is 12.4. The van der Waals surface area contributed by atoms with Gasteiger partial charge in [0.15, 0.2) is 0 Å². The van der Waals surface area contributed by atoms with Crippen molar-refractivity contribution in [2.24, 2.45) is 0 Å². The fraction of sp³-hybridized carbons (Fsp3) is 0.667. The monoisotopic (exact) mass is 395 g/mol. The van der Waals surface area contributed by atoms with Crippen molar-refractivity contribution in [3.63, 3.8) is 0 Å². The fourth-order valence-corrected chi connectivity index (χ4v) is 2.94. The average molecular weight is 396 g/mol. The van der Waals surface area contributed by atoms with Crippen LogP contribution >= 0.6 is 11.6 Å². The summed E-state index contributed by atoms with van der Waals surface area (Å²) in [5.74, 6) is -0.0668. The molecule has 0 atom stereocenters. The average Bonchev–Trinajstić information content (AvgIpc) is 2.51. The van der Waals surface area contributed by atoms with Crippen molar-refractivity contribution in [1.29, 1.82) is 0 Å². The highest BCUT2D eigenvalue weighted by molar-refractivity contribution is 6.33. The zero-order valence-electron chi connectivity index (χ0n) is 14.5. The van der Waals surface area contributed by atoms with Crippen LogP contribution in [0.5, 0.6) is 0 Å². The highest BCUT2D eigenvalue weighted by atomic mass is 35.5. The number of amides is 1. The molecule has 0 radical (unpaired) electrons. The SMILES string of the molecule is CC(C)NC(=O)CN1CCN(c2cnn(CC(F)(F)F)c(=O)c2Cl)CC1. The number of nitrogens with one attached hydrogen (secondary N) is 1. The first kappa shape index (κ1) is 20.5. The summed E-state index contributed by atoms with van der Waals surface area (Å²) >= 11 is 5.98. The molecule has 0 aliphatic carbocycles. The maximum Gasteiger partial charge on any atom is 0.408 e. The van der Waals surface area contributed by atoms with E-state index in [0.717, 1.165) is 0 Å². The summed E-state index contributed by atoms with van der Waals surface area (Å²) in [6, 6.07) is 0.0665. The molecule has 146 valence electrons. The molecule has 1 aromatic rings. The van der Waals surface area contributed by atoms with E-state index < -0.39 is 18.3 Å². The van der Waals surface area contributed by atoms with E-state index in [1.54, 1.807) is 4.90 Å². The summed E-state index contributed by atoms with van der Waals surface area (Å²) in [7, 11) is 0. The zero-order valence-corrected chi connectivity index (χ0v) is 15.3. The van der Waals surface area contributed by atoms with Crippen LogP contribution in [-0.4, -0.2) is 65.5 Å². The quantitative estimate of drug-likeness (QED) is 0.808. The Labute approximate surface area is 153 Å². The van der Waals surface area contributed by atoms with Crippen LogP contribution in [0.3, 0.4) is 0 Å². The summed E-state index contributed by atoms with van der Waals surface area (Å²) in [4.78, 5) is 27.5. The van der Waals surface area contributed by atoms with Gasteiger partial charge in [0.1, 0.15) is 11.6 Å². The summed E-state index contributed by atoms with van der Waals surface area (Å²) in [6.07, 6.45) is -3.37. The van der Waals surface area contributed by atoms with Gasteiger partial charge in [-0.15, -0.1) is 0 Å². The molecule has 0 aromatic carbocycles. The number of hydrogen-bond donors (Lipinski definition) is 1. The lowest BCUT2D eigenvalue weighted by Crippen LogP contribution is -2.50. The van der Waals surface area contributed by atoms with E-state index in [0.29, 0.717) is 36.5 Å². The minimum Gasteiger partial charge on any atom is -0.366 e. The topological polar surface area (TPSA) is 70.5 Å². The van der Waals surface area contributed by atoms with Crippen molar-refractivity contribution in [1.82, 2.24) is 20.0 Å². The van der Waals surface area contributed by atoms with E-state index in [1.807, 2.05) is 18.7 Å². The van der Waals surface area contributed by atoms with Crippen molar-refractivity contribution in [2.75, 3.05) is 37.6 Å². The Morgan fingerprint density at radius 3 is 2.46 bits per heavy atom. The highest BCUT2D eigenvalue weighted by Gasteiger charge is 2.30. The Hall–Kier alpha value is -1.81. The number of piperazine rings is 1. The third-order valence-electron chi connectivity index (χ3n) is 3.83. The summed E-state index contributed by atoms with van der Waals surface area (Å²) in [5, 5.41) is 6.11. The molecule has 2 heterocycles. The number of alkyl halides is 3. The van der Waals surface area contributed by atoms with Crippen LogP contribution < -0.4 is 15.8 Å². The third-order valence-corrected chi connectivity index (χ3v) is 4.18. The van der Waals surface area contributed by atoms with E-state index in [-0.39, 0.29) is 23.5 Å². The van der Waals surface area contributed by atoms with Gasteiger partial charge in [-0.3, -0.25) is 14.5 Å². The Bertz CT molecular complexity index is 700. The van der Waals surface area contributed by atoms with Gasteiger partial charge in [-0.2, -0.15) is 18.3 Å². The van der Waals surface area contributed by atoms with Crippen molar-refractivity contribution in [2.45, 2.75) is 32.6 Å². The van der Waals surface area contributed by atoms with Gasteiger partial charge in [-0.05, 0) is 13.8 Å². The van der Waals surface area contributed by atoms with Gasteiger partial charge in [-0.1, -0.05) is 11.6 Å². The maximum absolute atomic E-state index is 12.4. The van der Waals surface area contributed by atoms with E-state index in [4.69, 9.17) is 11.6 Å². The van der Waals surface area contributed by atoms with E-state index in [2.05, 4.69) is 10.4 Å². The number of hydrogen-bond acceptors (Lipinski definition) is 5. The van der Waals surface area contributed by atoms with E-state index >= 15 is 0 Å². The van der Waals surface area contributed by atoms with Crippen LogP contribution in [0.1, 0.15) is 13.8 Å². The van der Waals surface area contributed by atoms with Crippen LogP contribution in [0, 0.1) is 0 Å². The molecule has 26 heavy (non-hydrogen) atoms. The molecule has 1 amide bonds.